The Morgan fingerprint density at radius 1 is 1.00 bits per heavy atom. The lowest BCUT2D eigenvalue weighted by atomic mass is 10.1. The normalized spacial score (nSPS) is 11.9. The van der Waals surface area contributed by atoms with Crippen LogP contribution in [0.4, 0.5) is 10.5 Å². The number of carbonyl (C=O) groups is 1. The second-order valence-corrected chi connectivity index (χ2v) is 5.74. The number of amides is 2. The van der Waals surface area contributed by atoms with E-state index in [4.69, 9.17) is 0 Å². The number of fused-ring (bicyclic) bond motifs is 1. The molecule has 0 radical (unpaired) electrons. The summed E-state index contributed by atoms with van der Waals surface area (Å²) >= 11 is 0. The van der Waals surface area contributed by atoms with Crippen LogP contribution in [-0.4, -0.2) is 10.6 Å². The van der Waals surface area contributed by atoms with Gasteiger partial charge in [0.15, 0.2) is 0 Å². The quantitative estimate of drug-likeness (QED) is 0.776. The largest absolute Gasteiger partial charge is 0.331 e. The minimum Gasteiger partial charge on any atom is -0.331 e. The van der Waals surface area contributed by atoms with Gasteiger partial charge in [-0.3, -0.25) is 4.79 Å². The van der Waals surface area contributed by atoms with Gasteiger partial charge in [0.2, 0.25) is 0 Å². The number of urea groups is 1. The maximum Gasteiger partial charge on any atom is 0.319 e. The van der Waals surface area contributed by atoms with E-state index in [2.05, 4.69) is 10.6 Å². The molecule has 0 aliphatic carbocycles. The average Bonchev–Trinajstić information content (AvgIpc) is 2.60. The summed E-state index contributed by atoms with van der Waals surface area (Å²) in [6, 6.07) is 16.5. The Balaban J connectivity index is 1.84. The number of nitrogens with one attached hydrogen (secondary N) is 2. The molecule has 122 valence electrons. The molecule has 0 saturated carbocycles. The third-order valence-electron chi connectivity index (χ3n) is 3.99. The van der Waals surface area contributed by atoms with Crippen molar-refractivity contribution in [2.45, 2.75) is 13.0 Å². The van der Waals surface area contributed by atoms with Crippen LogP contribution in [-0.2, 0) is 7.05 Å². The highest BCUT2D eigenvalue weighted by Gasteiger charge is 2.12. The van der Waals surface area contributed by atoms with Crippen molar-refractivity contribution in [2.75, 3.05) is 5.32 Å². The van der Waals surface area contributed by atoms with Gasteiger partial charge < -0.3 is 15.2 Å². The van der Waals surface area contributed by atoms with Crippen molar-refractivity contribution in [1.82, 2.24) is 9.88 Å². The molecule has 1 atom stereocenters. The van der Waals surface area contributed by atoms with E-state index < -0.39 is 0 Å². The third kappa shape index (κ3) is 3.15. The minimum atomic E-state index is -0.310. The van der Waals surface area contributed by atoms with Gasteiger partial charge >= 0.3 is 6.03 Å². The second kappa shape index (κ2) is 6.58. The summed E-state index contributed by atoms with van der Waals surface area (Å²) in [5, 5.41) is 7.05. The highest BCUT2D eigenvalue weighted by Crippen LogP contribution is 2.20. The molecule has 0 aliphatic rings. The van der Waals surface area contributed by atoms with Crippen LogP contribution >= 0.6 is 0 Å². The molecular formula is C19H19N3O2. The molecule has 2 amide bonds. The molecule has 5 nitrogen and oxygen atoms in total. The first-order chi connectivity index (χ1) is 11.6. The van der Waals surface area contributed by atoms with E-state index in [-0.39, 0.29) is 17.6 Å². The summed E-state index contributed by atoms with van der Waals surface area (Å²) in [5.74, 6) is 0. The molecular weight excluding hydrogens is 302 g/mol. The molecule has 0 aliphatic heterocycles. The van der Waals surface area contributed by atoms with Crippen LogP contribution in [0.5, 0.6) is 0 Å². The molecule has 2 N–H and O–H groups in total. The number of pyridine rings is 1. The van der Waals surface area contributed by atoms with Crippen LogP contribution in [0.1, 0.15) is 18.5 Å². The number of nitrogens with zero attached hydrogens (tertiary/aromatic N) is 1. The molecule has 0 unspecified atom stereocenters. The predicted octanol–water partition coefficient (Wildman–Crippen LogP) is 3.42. The average molecular weight is 321 g/mol. The van der Waals surface area contributed by atoms with E-state index in [1.165, 1.54) is 4.57 Å². The van der Waals surface area contributed by atoms with Gasteiger partial charge in [-0.25, -0.2) is 4.79 Å². The Hall–Kier alpha value is -3.08. The van der Waals surface area contributed by atoms with Crippen LogP contribution in [0, 0.1) is 0 Å². The molecule has 0 saturated heterocycles. The molecule has 2 aromatic carbocycles. The predicted molar refractivity (Wildman–Crippen MR) is 96.2 cm³/mol. The zero-order valence-corrected chi connectivity index (χ0v) is 13.6. The van der Waals surface area contributed by atoms with Gasteiger partial charge in [0.25, 0.3) is 5.56 Å². The number of aryl methyl sites for hydroxylation is 1. The summed E-state index contributed by atoms with van der Waals surface area (Å²) in [6.45, 7) is 1.92. The lowest BCUT2D eigenvalue weighted by molar-refractivity contribution is 0.249. The lowest BCUT2D eigenvalue weighted by Crippen LogP contribution is -2.31. The Morgan fingerprint density at radius 2 is 1.62 bits per heavy atom. The number of anilines is 1. The molecule has 1 heterocycles. The monoisotopic (exact) mass is 321 g/mol. The van der Waals surface area contributed by atoms with Crippen LogP contribution in [0.3, 0.4) is 0 Å². The Morgan fingerprint density at radius 3 is 2.33 bits per heavy atom. The third-order valence-corrected chi connectivity index (χ3v) is 3.99. The second-order valence-electron chi connectivity index (χ2n) is 5.74. The van der Waals surface area contributed by atoms with Gasteiger partial charge in [-0.05, 0) is 18.6 Å². The number of benzene rings is 2. The highest BCUT2D eigenvalue weighted by atomic mass is 16.2. The topological polar surface area (TPSA) is 63.1 Å². The van der Waals surface area contributed by atoms with Crippen molar-refractivity contribution >= 4 is 22.5 Å². The highest BCUT2D eigenvalue weighted by molar-refractivity contribution is 6.01. The number of carbonyl (C=O) groups excluding carboxylic acids is 1. The van der Waals surface area contributed by atoms with Crippen molar-refractivity contribution < 1.29 is 4.79 Å². The summed E-state index contributed by atoms with van der Waals surface area (Å²) in [4.78, 5) is 24.5. The van der Waals surface area contributed by atoms with Crippen molar-refractivity contribution in [2.24, 2.45) is 7.05 Å². The van der Waals surface area contributed by atoms with Gasteiger partial charge in [0.1, 0.15) is 0 Å². The van der Waals surface area contributed by atoms with Crippen LogP contribution in [0.15, 0.2) is 65.6 Å². The number of hydrogen-bond acceptors (Lipinski definition) is 2. The fourth-order valence-corrected chi connectivity index (χ4v) is 2.70. The molecule has 3 rings (SSSR count). The van der Waals surface area contributed by atoms with Gasteiger partial charge in [-0.1, -0.05) is 48.5 Å². The molecule has 5 heteroatoms. The smallest absolute Gasteiger partial charge is 0.319 e. The molecule has 1 aromatic heterocycles. The molecule has 0 spiro atoms. The molecule has 24 heavy (non-hydrogen) atoms. The van der Waals surface area contributed by atoms with E-state index in [0.29, 0.717) is 11.1 Å². The Bertz CT molecular complexity index is 932. The maximum atomic E-state index is 12.3. The molecule has 0 fully saturated rings. The maximum absolute atomic E-state index is 12.3. The van der Waals surface area contributed by atoms with Gasteiger partial charge in [-0.15, -0.1) is 0 Å². The van der Waals surface area contributed by atoms with Crippen LogP contribution < -0.4 is 16.2 Å². The van der Waals surface area contributed by atoms with Crippen molar-refractivity contribution in [1.29, 1.82) is 0 Å². The summed E-state index contributed by atoms with van der Waals surface area (Å²) in [7, 11) is 1.67. The first kappa shape index (κ1) is 15.8. The van der Waals surface area contributed by atoms with Crippen LogP contribution in [0.2, 0.25) is 0 Å². The first-order valence-electron chi connectivity index (χ1n) is 7.77. The number of hydrogen-bond donors (Lipinski definition) is 2. The zero-order valence-electron chi connectivity index (χ0n) is 13.6. The number of rotatable bonds is 3. The fraction of sp³-hybridized carbons (Fsp3) is 0.158. The zero-order chi connectivity index (χ0) is 17.1. The first-order valence-corrected chi connectivity index (χ1v) is 7.77. The standard InChI is InChI=1S/C19H19N3O2/c1-13(14-8-4-3-5-9-14)20-19(24)21-17-12-22(2)18(23)16-11-7-6-10-15(16)17/h3-13H,1-2H3,(H2,20,21,24)/t13-/m0/s1. The summed E-state index contributed by atoms with van der Waals surface area (Å²) in [5.41, 5.74) is 1.54. The van der Waals surface area contributed by atoms with E-state index in [1.54, 1.807) is 19.3 Å². The van der Waals surface area contributed by atoms with Gasteiger partial charge in [-0.2, -0.15) is 0 Å². The van der Waals surface area contributed by atoms with Crippen LogP contribution in [0.25, 0.3) is 10.8 Å². The van der Waals surface area contributed by atoms with E-state index in [0.717, 1.165) is 10.9 Å². The Labute approximate surface area is 139 Å². The van der Waals surface area contributed by atoms with Crippen molar-refractivity contribution in [3.05, 3.63) is 76.7 Å². The van der Waals surface area contributed by atoms with E-state index in [9.17, 15) is 9.59 Å². The minimum absolute atomic E-state index is 0.0887. The van der Waals surface area contributed by atoms with E-state index in [1.807, 2.05) is 55.5 Å². The molecule has 0 bridgehead atoms. The van der Waals surface area contributed by atoms with Crippen molar-refractivity contribution in [3.63, 3.8) is 0 Å². The lowest BCUT2D eigenvalue weighted by Gasteiger charge is -2.16. The molecule has 3 aromatic rings. The fourth-order valence-electron chi connectivity index (χ4n) is 2.70. The SMILES string of the molecule is C[C@H](NC(=O)Nc1cn(C)c(=O)c2ccccc12)c1ccccc1. The summed E-state index contributed by atoms with van der Waals surface area (Å²) < 4.78 is 1.47. The number of aromatic nitrogens is 1. The summed E-state index contributed by atoms with van der Waals surface area (Å²) in [6.07, 6.45) is 1.64. The van der Waals surface area contributed by atoms with Gasteiger partial charge in [0, 0.05) is 24.0 Å². The Kier molecular flexibility index (Phi) is 4.33. The van der Waals surface area contributed by atoms with Crippen molar-refractivity contribution in [3.8, 4) is 0 Å². The van der Waals surface area contributed by atoms with E-state index >= 15 is 0 Å². The van der Waals surface area contributed by atoms with Gasteiger partial charge in [0.05, 0.1) is 11.7 Å².